The fourth-order valence-corrected chi connectivity index (χ4v) is 2.68. The Hall–Kier alpha value is -2.54. The Balaban J connectivity index is 1.68. The highest BCUT2D eigenvalue weighted by atomic mass is 19.4. The number of alkyl halides is 3. The van der Waals surface area contributed by atoms with Crippen molar-refractivity contribution >= 4 is 5.91 Å². The van der Waals surface area contributed by atoms with Crippen molar-refractivity contribution in [2.24, 2.45) is 0 Å². The van der Waals surface area contributed by atoms with Gasteiger partial charge in [-0.05, 0) is 29.8 Å². The van der Waals surface area contributed by atoms with E-state index in [1.54, 1.807) is 4.90 Å². The Kier molecular flexibility index (Phi) is 4.94. The normalized spacial score (nSPS) is 18.0. The second kappa shape index (κ2) is 7.14. The highest BCUT2D eigenvalue weighted by Crippen LogP contribution is 2.25. The second-order valence-electron chi connectivity index (χ2n) is 5.59. The number of benzene rings is 2. The summed E-state index contributed by atoms with van der Waals surface area (Å²) in [6.07, 6.45) is -4.97. The second-order valence-corrected chi connectivity index (χ2v) is 5.59. The number of nitrogens with zero attached hydrogens (tertiary/aromatic N) is 1. The van der Waals surface area contributed by atoms with Gasteiger partial charge in [-0.2, -0.15) is 0 Å². The van der Waals surface area contributed by atoms with E-state index in [0.717, 1.165) is 17.7 Å². The van der Waals surface area contributed by atoms with Crippen LogP contribution in [-0.2, 0) is 4.74 Å². The van der Waals surface area contributed by atoms with Crippen molar-refractivity contribution in [1.29, 1.82) is 0 Å². The van der Waals surface area contributed by atoms with Gasteiger partial charge in [0.15, 0.2) is 0 Å². The zero-order valence-corrected chi connectivity index (χ0v) is 13.2. The third kappa shape index (κ3) is 4.51. The van der Waals surface area contributed by atoms with Crippen LogP contribution in [0.3, 0.4) is 0 Å². The lowest BCUT2D eigenvalue weighted by atomic mass is 10.1. The zero-order chi connectivity index (χ0) is 17.9. The molecule has 1 atom stereocenters. The molecule has 1 fully saturated rings. The van der Waals surface area contributed by atoms with Crippen molar-refractivity contribution in [3.05, 3.63) is 65.7 Å². The van der Waals surface area contributed by atoms with Crippen molar-refractivity contribution in [2.75, 3.05) is 19.7 Å². The van der Waals surface area contributed by atoms with Gasteiger partial charge in [-0.15, -0.1) is 13.2 Å². The van der Waals surface area contributed by atoms with E-state index < -0.39 is 6.36 Å². The Labute approximate surface area is 142 Å². The molecule has 0 aliphatic carbocycles. The first-order chi connectivity index (χ1) is 11.9. The monoisotopic (exact) mass is 351 g/mol. The van der Waals surface area contributed by atoms with Gasteiger partial charge >= 0.3 is 6.36 Å². The van der Waals surface area contributed by atoms with Gasteiger partial charge in [0.25, 0.3) is 5.91 Å². The van der Waals surface area contributed by atoms with Gasteiger partial charge in [0.2, 0.25) is 0 Å². The average molecular weight is 351 g/mol. The van der Waals surface area contributed by atoms with Crippen molar-refractivity contribution < 1.29 is 27.4 Å². The largest absolute Gasteiger partial charge is 0.573 e. The van der Waals surface area contributed by atoms with Gasteiger partial charge in [-0.25, -0.2) is 0 Å². The molecule has 1 amide bonds. The van der Waals surface area contributed by atoms with Gasteiger partial charge in [-0.3, -0.25) is 4.79 Å². The molecular weight excluding hydrogens is 335 g/mol. The van der Waals surface area contributed by atoms with Gasteiger partial charge in [0.1, 0.15) is 11.9 Å². The lowest BCUT2D eigenvalue weighted by molar-refractivity contribution is -0.274. The topological polar surface area (TPSA) is 38.8 Å². The molecule has 0 radical (unpaired) electrons. The maximum absolute atomic E-state index is 12.6. The zero-order valence-electron chi connectivity index (χ0n) is 13.2. The molecule has 7 heteroatoms. The number of halogens is 3. The molecule has 1 saturated heterocycles. The Bertz CT molecular complexity index is 717. The molecule has 4 nitrogen and oxygen atoms in total. The summed E-state index contributed by atoms with van der Waals surface area (Å²) in [5.74, 6) is -0.601. The summed E-state index contributed by atoms with van der Waals surface area (Å²) >= 11 is 0. The van der Waals surface area contributed by atoms with Gasteiger partial charge < -0.3 is 14.4 Å². The summed E-state index contributed by atoms with van der Waals surface area (Å²) in [5, 5.41) is 0. The van der Waals surface area contributed by atoms with Crippen LogP contribution in [0.2, 0.25) is 0 Å². The van der Waals surface area contributed by atoms with Crippen molar-refractivity contribution in [1.82, 2.24) is 4.90 Å². The van der Waals surface area contributed by atoms with Crippen LogP contribution in [0.5, 0.6) is 5.75 Å². The third-order valence-electron chi connectivity index (χ3n) is 3.86. The number of hydrogen-bond acceptors (Lipinski definition) is 3. The molecule has 3 rings (SSSR count). The predicted molar refractivity (Wildman–Crippen MR) is 84.2 cm³/mol. The molecule has 0 aromatic heterocycles. The fraction of sp³-hybridized carbons (Fsp3) is 0.278. The summed E-state index contributed by atoms with van der Waals surface area (Å²) in [6.45, 7) is 1.23. The number of hydrogen-bond donors (Lipinski definition) is 0. The highest BCUT2D eigenvalue weighted by Gasteiger charge is 2.31. The van der Waals surface area contributed by atoms with E-state index in [-0.39, 0.29) is 17.8 Å². The fourth-order valence-electron chi connectivity index (χ4n) is 2.68. The molecule has 1 aliphatic rings. The van der Waals surface area contributed by atoms with Gasteiger partial charge in [0.05, 0.1) is 13.2 Å². The van der Waals surface area contributed by atoms with Crippen LogP contribution in [0, 0.1) is 0 Å². The van der Waals surface area contributed by atoms with Crippen LogP contribution < -0.4 is 4.74 Å². The molecular formula is C18H16F3NO3. The molecule has 1 aliphatic heterocycles. The summed E-state index contributed by atoms with van der Waals surface area (Å²) in [4.78, 5) is 14.2. The first-order valence-electron chi connectivity index (χ1n) is 7.74. The summed E-state index contributed by atoms with van der Waals surface area (Å²) in [6, 6.07) is 14.5. The Morgan fingerprint density at radius 1 is 1.08 bits per heavy atom. The molecule has 1 unspecified atom stereocenters. The average Bonchev–Trinajstić information content (AvgIpc) is 2.61. The van der Waals surface area contributed by atoms with Crippen LogP contribution in [0.4, 0.5) is 13.2 Å². The van der Waals surface area contributed by atoms with E-state index in [1.165, 1.54) is 12.1 Å². The number of morpholine rings is 1. The smallest absolute Gasteiger partial charge is 0.406 e. The number of carbonyl (C=O) groups is 1. The Morgan fingerprint density at radius 3 is 2.40 bits per heavy atom. The standard InChI is InChI=1S/C18H16F3NO3/c19-18(20,21)25-15-8-6-14(7-9-15)17(23)22-10-11-24-16(12-22)13-4-2-1-3-5-13/h1-9,16H,10-12H2. The lowest BCUT2D eigenvalue weighted by Crippen LogP contribution is -2.42. The summed E-state index contributed by atoms with van der Waals surface area (Å²) in [5.41, 5.74) is 1.29. The molecule has 0 bridgehead atoms. The van der Waals surface area contributed by atoms with Crippen molar-refractivity contribution in [3.8, 4) is 5.75 Å². The van der Waals surface area contributed by atoms with Gasteiger partial charge in [-0.1, -0.05) is 30.3 Å². The predicted octanol–water partition coefficient (Wildman–Crippen LogP) is 3.80. The molecule has 0 saturated carbocycles. The minimum Gasteiger partial charge on any atom is -0.406 e. The molecule has 132 valence electrons. The minimum atomic E-state index is -4.75. The first kappa shape index (κ1) is 17.3. The third-order valence-corrected chi connectivity index (χ3v) is 3.86. The molecule has 0 N–H and O–H groups in total. The minimum absolute atomic E-state index is 0.216. The quantitative estimate of drug-likeness (QED) is 0.844. The molecule has 2 aromatic rings. The van der Waals surface area contributed by atoms with E-state index in [2.05, 4.69) is 4.74 Å². The van der Waals surface area contributed by atoms with Crippen LogP contribution in [0.15, 0.2) is 54.6 Å². The maximum atomic E-state index is 12.6. The lowest BCUT2D eigenvalue weighted by Gasteiger charge is -2.33. The number of carbonyl (C=O) groups excluding carboxylic acids is 1. The van der Waals surface area contributed by atoms with Crippen molar-refractivity contribution in [3.63, 3.8) is 0 Å². The van der Waals surface area contributed by atoms with Crippen LogP contribution in [-0.4, -0.2) is 36.9 Å². The summed E-state index contributed by atoms with van der Waals surface area (Å²) < 4.78 is 46.1. The number of ether oxygens (including phenoxy) is 2. The number of amides is 1. The molecule has 2 aromatic carbocycles. The molecule has 25 heavy (non-hydrogen) atoms. The number of rotatable bonds is 3. The summed E-state index contributed by atoms with van der Waals surface area (Å²) in [7, 11) is 0. The molecule has 1 heterocycles. The van der Waals surface area contributed by atoms with E-state index >= 15 is 0 Å². The van der Waals surface area contributed by atoms with E-state index in [4.69, 9.17) is 4.74 Å². The first-order valence-corrected chi connectivity index (χ1v) is 7.74. The maximum Gasteiger partial charge on any atom is 0.573 e. The van der Waals surface area contributed by atoms with Crippen molar-refractivity contribution in [2.45, 2.75) is 12.5 Å². The highest BCUT2D eigenvalue weighted by molar-refractivity contribution is 5.94. The van der Waals surface area contributed by atoms with Crippen LogP contribution in [0.1, 0.15) is 22.0 Å². The van der Waals surface area contributed by atoms with E-state index in [9.17, 15) is 18.0 Å². The Morgan fingerprint density at radius 2 is 1.76 bits per heavy atom. The van der Waals surface area contributed by atoms with E-state index in [1.807, 2.05) is 30.3 Å². The SMILES string of the molecule is O=C(c1ccc(OC(F)(F)F)cc1)N1CCOC(c2ccccc2)C1. The molecule has 0 spiro atoms. The van der Waals surface area contributed by atoms with Gasteiger partial charge in [0, 0.05) is 12.1 Å². The van der Waals surface area contributed by atoms with E-state index in [0.29, 0.717) is 25.3 Å². The van der Waals surface area contributed by atoms with Crippen LogP contribution in [0.25, 0.3) is 0 Å². The van der Waals surface area contributed by atoms with Crippen LogP contribution >= 0.6 is 0 Å².